The molecule has 1 amide bonds. The maximum absolute atomic E-state index is 11.5. The summed E-state index contributed by atoms with van der Waals surface area (Å²) >= 11 is 0. The first kappa shape index (κ1) is 13.7. The zero-order valence-corrected chi connectivity index (χ0v) is 9.36. The molecule has 0 aliphatic carbocycles. The Bertz CT molecular complexity index is 161. The summed E-state index contributed by atoms with van der Waals surface area (Å²) in [5.41, 5.74) is 0. The number of nitrogens with one attached hydrogen (secondary N) is 2. The zero-order valence-electron chi connectivity index (χ0n) is 8.54. The van der Waals surface area contributed by atoms with Crippen molar-refractivity contribution in [2.45, 2.75) is 12.8 Å². The van der Waals surface area contributed by atoms with Crippen LogP contribution in [0.1, 0.15) is 12.8 Å². The number of halogens is 1. The van der Waals surface area contributed by atoms with Gasteiger partial charge in [-0.25, -0.2) is 0 Å². The topological polar surface area (TPSA) is 50.4 Å². The number of rotatable bonds is 4. The molecule has 0 aromatic heterocycles. The number of hydrogen-bond acceptors (Lipinski definition) is 3. The standard InChI is InChI=1S/C9H18N2O2.ClH/c1-13-6-5-11-9(12)8-3-2-4-10-7-8;/h8,10H,2-7H2,1H3,(H,11,12);1H. The molecule has 1 rings (SSSR count). The van der Waals surface area contributed by atoms with Gasteiger partial charge in [-0.05, 0) is 19.4 Å². The van der Waals surface area contributed by atoms with Crippen molar-refractivity contribution < 1.29 is 9.53 Å². The van der Waals surface area contributed by atoms with E-state index in [-0.39, 0.29) is 24.2 Å². The van der Waals surface area contributed by atoms with Crippen LogP contribution in [0.15, 0.2) is 0 Å². The summed E-state index contributed by atoms with van der Waals surface area (Å²) in [4.78, 5) is 11.5. The second kappa shape index (κ2) is 8.03. The molecule has 0 bridgehead atoms. The van der Waals surface area contributed by atoms with Gasteiger partial charge in [0.1, 0.15) is 0 Å². The summed E-state index contributed by atoms with van der Waals surface area (Å²) in [7, 11) is 1.63. The van der Waals surface area contributed by atoms with Crippen LogP contribution < -0.4 is 10.6 Å². The number of carbonyl (C=O) groups is 1. The van der Waals surface area contributed by atoms with E-state index in [1.54, 1.807) is 7.11 Å². The molecule has 14 heavy (non-hydrogen) atoms. The smallest absolute Gasteiger partial charge is 0.224 e. The van der Waals surface area contributed by atoms with Crippen LogP contribution in [0.5, 0.6) is 0 Å². The third-order valence-electron chi connectivity index (χ3n) is 2.27. The highest BCUT2D eigenvalue weighted by molar-refractivity contribution is 5.85. The Morgan fingerprint density at radius 3 is 3.00 bits per heavy atom. The zero-order chi connectivity index (χ0) is 9.52. The van der Waals surface area contributed by atoms with Gasteiger partial charge in [0, 0.05) is 20.2 Å². The quantitative estimate of drug-likeness (QED) is 0.667. The first-order valence-electron chi connectivity index (χ1n) is 4.82. The summed E-state index contributed by atoms with van der Waals surface area (Å²) in [6.45, 7) is 3.07. The van der Waals surface area contributed by atoms with Crippen LogP contribution in [0.25, 0.3) is 0 Å². The van der Waals surface area contributed by atoms with E-state index < -0.39 is 0 Å². The van der Waals surface area contributed by atoms with Gasteiger partial charge in [-0.3, -0.25) is 4.79 Å². The predicted octanol–water partition coefficient (Wildman–Crippen LogP) is 0.170. The number of methoxy groups -OCH3 is 1. The normalized spacial score (nSPS) is 21.1. The first-order chi connectivity index (χ1) is 6.34. The van der Waals surface area contributed by atoms with Crippen LogP contribution in [0, 0.1) is 5.92 Å². The minimum absolute atomic E-state index is 0. The lowest BCUT2D eigenvalue weighted by Crippen LogP contribution is -2.41. The number of piperidine rings is 1. The number of amides is 1. The Morgan fingerprint density at radius 1 is 1.64 bits per heavy atom. The molecule has 2 N–H and O–H groups in total. The SMILES string of the molecule is COCCNC(=O)C1CCCNC1.Cl. The maximum atomic E-state index is 11.5. The minimum Gasteiger partial charge on any atom is -0.383 e. The highest BCUT2D eigenvalue weighted by Crippen LogP contribution is 2.09. The van der Waals surface area contributed by atoms with E-state index in [0.717, 1.165) is 25.9 Å². The van der Waals surface area contributed by atoms with Crippen LogP contribution in [0.4, 0.5) is 0 Å². The molecule has 1 saturated heterocycles. The summed E-state index contributed by atoms with van der Waals surface area (Å²) in [5.74, 6) is 0.315. The lowest BCUT2D eigenvalue weighted by Gasteiger charge is -2.21. The molecule has 1 unspecified atom stereocenters. The fourth-order valence-electron chi connectivity index (χ4n) is 1.50. The summed E-state index contributed by atoms with van der Waals surface area (Å²) in [5, 5.41) is 6.06. The van der Waals surface area contributed by atoms with Gasteiger partial charge in [0.15, 0.2) is 0 Å². The molecule has 0 radical (unpaired) electrons. The Hall–Kier alpha value is -0.320. The van der Waals surface area contributed by atoms with Gasteiger partial charge in [-0.1, -0.05) is 0 Å². The van der Waals surface area contributed by atoms with Crippen molar-refractivity contribution in [1.29, 1.82) is 0 Å². The molecule has 4 nitrogen and oxygen atoms in total. The fraction of sp³-hybridized carbons (Fsp3) is 0.889. The van der Waals surface area contributed by atoms with Gasteiger partial charge in [-0.15, -0.1) is 12.4 Å². The molecule has 0 saturated carbocycles. The van der Waals surface area contributed by atoms with Crippen molar-refractivity contribution in [2.24, 2.45) is 5.92 Å². The van der Waals surface area contributed by atoms with E-state index in [1.807, 2.05) is 0 Å². The van der Waals surface area contributed by atoms with Crippen LogP contribution in [-0.2, 0) is 9.53 Å². The van der Waals surface area contributed by atoms with Crippen molar-refractivity contribution in [3.05, 3.63) is 0 Å². The minimum atomic E-state index is 0. The van der Waals surface area contributed by atoms with Gasteiger partial charge in [0.2, 0.25) is 5.91 Å². The van der Waals surface area contributed by atoms with Gasteiger partial charge in [0.05, 0.1) is 12.5 Å². The van der Waals surface area contributed by atoms with E-state index in [1.165, 1.54) is 0 Å². The Balaban J connectivity index is 0.00000169. The van der Waals surface area contributed by atoms with Crippen molar-refractivity contribution in [2.75, 3.05) is 33.4 Å². The molecule has 1 heterocycles. The molecule has 0 spiro atoms. The molecule has 1 aliphatic heterocycles. The predicted molar refractivity (Wildman–Crippen MR) is 57.7 cm³/mol. The molecular formula is C9H19ClN2O2. The van der Waals surface area contributed by atoms with Gasteiger partial charge >= 0.3 is 0 Å². The Morgan fingerprint density at radius 2 is 2.43 bits per heavy atom. The Kier molecular flexibility index (Phi) is 7.84. The number of hydrogen-bond donors (Lipinski definition) is 2. The lowest BCUT2D eigenvalue weighted by molar-refractivity contribution is -0.125. The highest BCUT2D eigenvalue weighted by atomic mass is 35.5. The largest absolute Gasteiger partial charge is 0.383 e. The molecule has 1 fully saturated rings. The van der Waals surface area contributed by atoms with E-state index in [4.69, 9.17) is 4.74 Å². The Labute approximate surface area is 91.2 Å². The molecule has 0 aromatic carbocycles. The molecular weight excluding hydrogens is 204 g/mol. The van der Waals surface area contributed by atoms with Crippen LogP contribution >= 0.6 is 12.4 Å². The number of ether oxygens (including phenoxy) is 1. The average molecular weight is 223 g/mol. The van der Waals surface area contributed by atoms with Crippen LogP contribution in [0.3, 0.4) is 0 Å². The summed E-state index contributed by atoms with van der Waals surface area (Å²) in [6.07, 6.45) is 2.11. The van der Waals surface area contributed by atoms with E-state index >= 15 is 0 Å². The molecule has 1 aliphatic rings. The lowest BCUT2D eigenvalue weighted by atomic mass is 9.99. The third kappa shape index (κ3) is 4.79. The van der Waals surface area contributed by atoms with Crippen LogP contribution in [0.2, 0.25) is 0 Å². The van der Waals surface area contributed by atoms with Crippen LogP contribution in [-0.4, -0.2) is 39.3 Å². The van der Waals surface area contributed by atoms with Crippen molar-refractivity contribution in [1.82, 2.24) is 10.6 Å². The monoisotopic (exact) mass is 222 g/mol. The second-order valence-electron chi connectivity index (χ2n) is 3.33. The maximum Gasteiger partial charge on any atom is 0.224 e. The summed E-state index contributed by atoms with van der Waals surface area (Å²) in [6, 6.07) is 0. The van der Waals surface area contributed by atoms with Gasteiger partial charge in [0.25, 0.3) is 0 Å². The summed E-state index contributed by atoms with van der Waals surface area (Å²) < 4.78 is 4.85. The third-order valence-corrected chi connectivity index (χ3v) is 2.27. The molecule has 0 aromatic rings. The van der Waals surface area contributed by atoms with Crippen molar-refractivity contribution in [3.8, 4) is 0 Å². The molecule has 5 heteroatoms. The van der Waals surface area contributed by atoms with Crippen molar-refractivity contribution in [3.63, 3.8) is 0 Å². The van der Waals surface area contributed by atoms with E-state index in [0.29, 0.717) is 13.2 Å². The molecule has 84 valence electrons. The van der Waals surface area contributed by atoms with E-state index in [9.17, 15) is 4.79 Å². The number of carbonyl (C=O) groups excluding carboxylic acids is 1. The van der Waals surface area contributed by atoms with Gasteiger partial charge < -0.3 is 15.4 Å². The van der Waals surface area contributed by atoms with E-state index in [2.05, 4.69) is 10.6 Å². The average Bonchev–Trinajstić information content (AvgIpc) is 2.19. The molecule has 1 atom stereocenters. The van der Waals surface area contributed by atoms with Gasteiger partial charge in [-0.2, -0.15) is 0 Å². The first-order valence-corrected chi connectivity index (χ1v) is 4.82. The fourth-order valence-corrected chi connectivity index (χ4v) is 1.50. The van der Waals surface area contributed by atoms with Crippen molar-refractivity contribution >= 4 is 18.3 Å². The highest BCUT2D eigenvalue weighted by Gasteiger charge is 2.19. The second-order valence-corrected chi connectivity index (χ2v) is 3.33.